The summed E-state index contributed by atoms with van der Waals surface area (Å²) in [5.41, 5.74) is 0.614. The zero-order valence-electron chi connectivity index (χ0n) is 11.4. The van der Waals surface area contributed by atoms with Gasteiger partial charge in [-0.25, -0.2) is 4.79 Å². The summed E-state index contributed by atoms with van der Waals surface area (Å²) in [6, 6.07) is 7.22. The molecule has 2 rings (SSSR count). The van der Waals surface area contributed by atoms with Gasteiger partial charge in [-0.1, -0.05) is 49.7 Å². The summed E-state index contributed by atoms with van der Waals surface area (Å²) >= 11 is 1.06. The second-order valence-corrected chi connectivity index (χ2v) is 5.49. The normalized spacial score (nSPS) is 10.7. The highest BCUT2D eigenvalue weighted by Crippen LogP contribution is 2.15. The first kappa shape index (κ1) is 14.6. The number of nitrogens with one attached hydrogen (secondary N) is 1. The number of amides is 1. The topological polar surface area (TPSA) is 60.3 Å². The highest BCUT2D eigenvalue weighted by Gasteiger charge is 2.11. The van der Waals surface area contributed by atoms with Gasteiger partial charge in [0.25, 0.3) is 0 Å². The first-order chi connectivity index (χ1) is 9.72. The molecule has 0 aliphatic rings. The molecule has 0 saturated heterocycles. The molecule has 1 aromatic carbocycles. The predicted octanol–water partition coefficient (Wildman–Crippen LogP) is 2.78. The minimum Gasteiger partial charge on any atom is -0.320 e. The van der Waals surface area contributed by atoms with Crippen LogP contribution in [0.15, 0.2) is 29.1 Å². The van der Waals surface area contributed by atoms with E-state index in [0.717, 1.165) is 46.5 Å². The fourth-order valence-corrected chi connectivity index (χ4v) is 2.70. The van der Waals surface area contributed by atoms with Gasteiger partial charge in [0.1, 0.15) is 5.52 Å². The number of para-hydroxylation sites is 1. The standard InChI is InChI=1S/C14H18N2O3S/c1-2-3-4-7-10-15-13(17)19-16-11-8-5-6-9-12(11)20-14(16)18/h5-6,8-9H,2-4,7,10H2,1H3,(H,15,17). The number of aromatic nitrogens is 1. The van der Waals surface area contributed by atoms with Gasteiger partial charge in [-0.05, 0) is 18.6 Å². The summed E-state index contributed by atoms with van der Waals surface area (Å²) in [6.07, 6.45) is 3.72. The molecule has 0 atom stereocenters. The second-order valence-electron chi connectivity index (χ2n) is 4.50. The highest BCUT2D eigenvalue weighted by molar-refractivity contribution is 7.16. The van der Waals surface area contributed by atoms with E-state index in [4.69, 9.17) is 4.84 Å². The molecule has 0 spiro atoms. The third kappa shape index (κ3) is 3.60. The molecule has 108 valence electrons. The largest absolute Gasteiger partial charge is 0.432 e. The van der Waals surface area contributed by atoms with E-state index >= 15 is 0 Å². The molecular weight excluding hydrogens is 276 g/mol. The Labute approximate surface area is 121 Å². The van der Waals surface area contributed by atoms with Crippen LogP contribution in [-0.2, 0) is 0 Å². The predicted molar refractivity (Wildman–Crippen MR) is 80.2 cm³/mol. The first-order valence-electron chi connectivity index (χ1n) is 6.79. The quantitative estimate of drug-likeness (QED) is 0.833. The number of hydrogen-bond donors (Lipinski definition) is 1. The van der Waals surface area contributed by atoms with Gasteiger partial charge in [0.15, 0.2) is 0 Å². The summed E-state index contributed by atoms with van der Waals surface area (Å²) in [7, 11) is 0. The minimum absolute atomic E-state index is 0.299. The monoisotopic (exact) mass is 294 g/mol. The number of rotatable bonds is 6. The van der Waals surface area contributed by atoms with Crippen LogP contribution in [0.3, 0.4) is 0 Å². The average molecular weight is 294 g/mol. The number of nitrogens with zero attached hydrogens (tertiary/aromatic N) is 1. The zero-order valence-corrected chi connectivity index (χ0v) is 12.2. The number of carbonyl (C=O) groups is 1. The Balaban J connectivity index is 1.93. The fourth-order valence-electron chi connectivity index (χ4n) is 1.89. The number of hydrogen-bond acceptors (Lipinski definition) is 4. The van der Waals surface area contributed by atoms with Gasteiger partial charge < -0.3 is 10.2 Å². The van der Waals surface area contributed by atoms with Crippen molar-refractivity contribution < 1.29 is 9.63 Å². The lowest BCUT2D eigenvalue weighted by atomic mass is 10.2. The van der Waals surface area contributed by atoms with Crippen molar-refractivity contribution in [2.75, 3.05) is 6.54 Å². The van der Waals surface area contributed by atoms with Gasteiger partial charge in [0.05, 0.1) is 4.70 Å². The molecule has 0 unspecified atom stereocenters. The van der Waals surface area contributed by atoms with Crippen LogP contribution >= 0.6 is 11.3 Å². The highest BCUT2D eigenvalue weighted by atomic mass is 32.1. The van der Waals surface area contributed by atoms with Crippen LogP contribution in [-0.4, -0.2) is 17.4 Å². The molecule has 1 heterocycles. The molecule has 1 N–H and O–H groups in total. The zero-order chi connectivity index (χ0) is 14.4. The molecule has 2 aromatic rings. The van der Waals surface area contributed by atoms with Crippen LogP contribution in [0.4, 0.5) is 4.79 Å². The molecule has 6 heteroatoms. The summed E-state index contributed by atoms with van der Waals surface area (Å²) < 4.78 is 1.84. The number of thiazole rings is 1. The molecular formula is C14H18N2O3S. The molecule has 0 saturated carbocycles. The fraction of sp³-hybridized carbons (Fsp3) is 0.429. The van der Waals surface area contributed by atoms with Gasteiger partial charge in [0.2, 0.25) is 0 Å². The minimum atomic E-state index is -0.591. The van der Waals surface area contributed by atoms with E-state index in [-0.39, 0.29) is 4.87 Å². The lowest BCUT2D eigenvalue weighted by molar-refractivity contribution is 0.136. The van der Waals surface area contributed by atoms with Crippen molar-refractivity contribution in [2.24, 2.45) is 0 Å². The average Bonchev–Trinajstić information content (AvgIpc) is 2.75. The third-order valence-corrected chi connectivity index (χ3v) is 3.83. The maximum atomic E-state index is 11.8. The van der Waals surface area contributed by atoms with Gasteiger partial charge in [-0.15, -0.1) is 4.73 Å². The Morgan fingerprint density at radius 3 is 2.90 bits per heavy atom. The Bertz CT molecular complexity index is 633. The van der Waals surface area contributed by atoms with Gasteiger partial charge in [-0.3, -0.25) is 4.79 Å². The maximum Gasteiger partial charge on any atom is 0.432 e. The van der Waals surface area contributed by atoms with E-state index in [1.54, 1.807) is 12.1 Å². The Kier molecular flexibility index (Phi) is 5.17. The van der Waals surface area contributed by atoms with Crippen LogP contribution < -0.4 is 15.0 Å². The SMILES string of the molecule is CCCCCCNC(=O)On1c(=O)sc2ccccc21. The van der Waals surface area contributed by atoms with E-state index in [1.807, 2.05) is 12.1 Å². The van der Waals surface area contributed by atoms with E-state index in [2.05, 4.69) is 12.2 Å². The van der Waals surface area contributed by atoms with Gasteiger partial charge in [-0.2, -0.15) is 0 Å². The van der Waals surface area contributed by atoms with Crippen LogP contribution in [0.2, 0.25) is 0 Å². The van der Waals surface area contributed by atoms with Crippen molar-refractivity contribution >= 4 is 27.6 Å². The molecule has 0 aliphatic carbocycles. The molecule has 0 bridgehead atoms. The van der Waals surface area contributed by atoms with Crippen molar-refractivity contribution in [2.45, 2.75) is 32.6 Å². The van der Waals surface area contributed by atoms with Crippen molar-refractivity contribution in [3.05, 3.63) is 33.9 Å². The molecule has 0 radical (unpaired) electrons. The molecule has 1 amide bonds. The van der Waals surface area contributed by atoms with Crippen LogP contribution in [0.25, 0.3) is 10.2 Å². The van der Waals surface area contributed by atoms with Crippen molar-refractivity contribution in [1.29, 1.82) is 0 Å². The van der Waals surface area contributed by atoms with Gasteiger partial charge in [0, 0.05) is 6.54 Å². The molecule has 0 aliphatic heterocycles. The first-order valence-corrected chi connectivity index (χ1v) is 7.60. The lowest BCUT2D eigenvalue weighted by Gasteiger charge is -2.06. The molecule has 0 fully saturated rings. The van der Waals surface area contributed by atoms with E-state index in [1.165, 1.54) is 0 Å². The number of fused-ring (bicyclic) bond motifs is 1. The van der Waals surface area contributed by atoms with Crippen LogP contribution in [0, 0.1) is 0 Å². The smallest absolute Gasteiger partial charge is 0.320 e. The lowest BCUT2D eigenvalue weighted by Crippen LogP contribution is -2.36. The maximum absolute atomic E-state index is 11.8. The Morgan fingerprint density at radius 1 is 1.30 bits per heavy atom. The van der Waals surface area contributed by atoms with Gasteiger partial charge >= 0.3 is 11.0 Å². The number of carbonyl (C=O) groups excluding carboxylic acids is 1. The Hall–Kier alpha value is -1.82. The molecule has 20 heavy (non-hydrogen) atoms. The second kappa shape index (κ2) is 7.09. The van der Waals surface area contributed by atoms with E-state index in [0.29, 0.717) is 12.1 Å². The van der Waals surface area contributed by atoms with Crippen molar-refractivity contribution in [1.82, 2.24) is 10.0 Å². The van der Waals surface area contributed by atoms with Crippen LogP contribution in [0.5, 0.6) is 0 Å². The summed E-state index contributed by atoms with van der Waals surface area (Å²) in [5.74, 6) is 0. The Morgan fingerprint density at radius 2 is 2.10 bits per heavy atom. The summed E-state index contributed by atoms with van der Waals surface area (Å²) in [6.45, 7) is 2.70. The number of unbranched alkanes of at least 4 members (excludes halogenated alkanes) is 3. The van der Waals surface area contributed by atoms with Crippen LogP contribution in [0.1, 0.15) is 32.6 Å². The third-order valence-electron chi connectivity index (χ3n) is 2.92. The van der Waals surface area contributed by atoms with Crippen molar-refractivity contribution in [3.8, 4) is 0 Å². The molecule has 1 aromatic heterocycles. The summed E-state index contributed by atoms with van der Waals surface area (Å²) in [4.78, 5) is 28.2. The van der Waals surface area contributed by atoms with E-state index < -0.39 is 6.09 Å². The van der Waals surface area contributed by atoms with E-state index in [9.17, 15) is 9.59 Å². The molecule has 5 nitrogen and oxygen atoms in total. The van der Waals surface area contributed by atoms with Crippen molar-refractivity contribution in [3.63, 3.8) is 0 Å². The number of benzene rings is 1. The summed E-state index contributed by atoms with van der Waals surface area (Å²) in [5, 5.41) is 2.66.